The van der Waals surface area contributed by atoms with Crippen molar-refractivity contribution in [2.45, 2.75) is 69.8 Å². The second-order valence-electron chi connectivity index (χ2n) is 10.5. The minimum atomic E-state index is -5.29. The molecule has 0 spiro atoms. The number of nitrogens with zero attached hydrogens (tertiary/aromatic N) is 1. The van der Waals surface area contributed by atoms with E-state index in [1.54, 1.807) is 17.6 Å². The molecule has 1 aliphatic heterocycles. The Labute approximate surface area is 194 Å². The molecular weight excluding hydrogens is 454 g/mol. The van der Waals surface area contributed by atoms with E-state index in [9.17, 15) is 31.9 Å². The molecule has 2 unspecified atom stereocenters. The summed E-state index contributed by atoms with van der Waals surface area (Å²) in [5.74, 6) is -1.98. The first kappa shape index (κ1) is 23.1. The highest BCUT2D eigenvalue weighted by molar-refractivity contribution is 6.10. The molecule has 34 heavy (non-hydrogen) atoms. The molecule has 184 valence electrons. The molecule has 10 heteroatoms. The predicted octanol–water partition coefficient (Wildman–Crippen LogP) is 4.36. The van der Waals surface area contributed by atoms with Gasteiger partial charge in [0.15, 0.2) is 0 Å². The van der Waals surface area contributed by atoms with Crippen LogP contribution in [0.3, 0.4) is 0 Å². The summed E-state index contributed by atoms with van der Waals surface area (Å²) in [6.07, 6.45) is 0.776. The number of carbonyl (C=O) groups excluding carboxylic acids is 3. The number of amides is 4. The van der Waals surface area contributed by atoms with E-state index >= 15 is 0 Å². The van der Waals surface area contributed by atoms with Crippen LogP contribution in [0.5, 0.6) is 0 Å². The van der Waals surface area contributed by atoms with E-state index in [0.717, 1.165) is 67.7 Å². The van der Waals surface area contributed by atoms with Gasteiger partial charge in [-0.05, 0) is 92.4 Å². The fraction of sp³-hybridized carbons (Fsp3) is 0.625. The summed E-state index contributed by atoms with van der Waals surface area (Å²) < 4.78 is 56.2. The van der Waals surface area contributed by atoms with Crippen LogP contribution in [0.4, 0.5) is 22.4 Å². The van der Waals surface area contributed by atoms with Crippen molar-refractivity contribution >= 4 is 17.8 Å². The molecule has 0 aromatic heterocycles. The van der Waals surface area contributed by atoms with Gasteiger partial charge in [-0.2, -0.15) is 13.2 Å². The highest BCUT2D eigenvalue weighted by atomic mass is 19.4. The summed E-state index contributed by atoms with van der Waals surface area (Å²) in [5, 5.41) is 3.49. The van der Waals surface area contributed by atoms with Crippen molar-refractivity contribution in [3.8, 4) is 0 Å². The highest BCUT2D eigenvalue weighted by Crippen LogP contribution is 2.62. The molecule has 4 bridgehead atoms. The van der Waals surface area contributed by atoms with Crippen molar-refractivity contribution in [2.24, 2.45) is 23.2 Å². The Morgan fingerprint density at radius 1 is 1.09 bits per heavy atom. The van der Waals surface area contributed by atoms with Gasteiger partial charge in [-0.15, -0.1) is 0 Å². The second-order valence-corrected chi connectivity index (χ2v) is 10.5. The van der Waals surface area contributed by atoms with Crippen molar-refractivity contribution in [3.05, 3.63) is 35.6 Å². The molecule has 1 heterocycles. The van der Waals surface area contributed by atoms with E-state index in [1.807, 2.05) is 0 Å². The monoisotopic (exact) mass is 481 g/mol. The zero-order valence-corrected chi connectivity index (χ0v) is 18.8. The maximum Gasteiger partial charge on any atom is 0.440 e. The van der Waals surface area contributed by atoms with Crippen LogP contribution in [-0.2, 0) is 4.79 Å². The molecular formula is C24H27F4N3O3. The number of alkyl halides is 3. The summed E-state index contributed by atoms with van der Waals surface area (Å²) in [6.45, 7) is 1.79. The molecule has 4 saturated carbocycles. The second kappa shape index (κ2) is 7.68. The number of hydrogen-bond donors (Lipinski definition) is 2. The number of nitrogens with one attached hydrogen (secondary N) is 2. The van der Waals surface area contributed by atoms with E-state index in [1.165, 1.54) is 0 Å². The van der Waals surface area contributed by atoms with Gasteiger partial charge in [0.1, 0.15) is 5.82 Å². The summed E-state index contributed by atoms with van der Waals surface area (Å²) >= 11 is 0. The van der Waals surface area contributed by atoms with Gasteiger partial charge in [0, 0.05) is 11.6 Å². The Kier molecular flexibility index (Phi) is 5.22. The number of carbonyl (C=O) groups is 3. The van der Waals surface area contributed by atoms with Gasteiger partial charge in [-0.3, -0.25) is 19.8 Å². The van der Waals surface area contributed by atoms with Gasteiger partial charge >= 0.3 is 12.2 Å². The lowest BCUT2D eigenvalue weighted by molar-refractivity contribution is -0.202. The average molecular weight is 481 g/mol. The first-order valence-corrected chi connectivity index (χ1v) is 11.8. The molecule has 2 atom stereocenters. The third-order valence-electron chi connectivity index (χ3n) is 8.38. The zero-order valence-electron chi connectivity index (χ0n) is 18.8. The SMILES string of the molecule is CCC(N1C(=O)NC(NC(=O)c2ccc(F)cc2)(C(F)(F)F)C1=O)C12CC3CC(CC(C3)C1)C2. The Balaban J connectivity index is 1.48. The van der Waals surface area contributed by atoms with Gasteiger partial charge in [0.25, 0.3) is 17.5 Å². The standard InChI is InChI=1S/C24H27F4N3O3/c1-2-18(22-10-13-7-14(11-22)9-15(8-13)12-22)31-20(33)23(24(26,27)28,30-21(31)34)29-19(32)16-3-5-17(25)6-4-16/h3-6,13-15,18H,2,7-12H2,1H3,(H,29,32)(H,30,34). The summed E-state index contributed by atoms with van der Waals surface area (Å²) in [4.78, 5) is 39.8. The number of rotatable bonds is 5. The van der Waals surface area contributed by atoms with Crippen LogP contribution in [0.15, 0.2) is 24.3 Å². The molecule has 4 aliphatic carbocycles. The molecule has 1 aromatic rings. The molecule has 6 nitrogen and oxygen atoms in total. The lowest BCUT2D eigenvalue weighted by Gasteiger charge is -2.60. The van der Waals surface area contributed by atoms with Crippen LogP contribution in [0, 0.1) is 29.0 Å². The Bertz CT molecular complexity index is 990. The fourth-order valence-corrected chi connectivity index (χ4v) is 7.50. The summed E-state index contributed by atoms with van der Waals surface area (Å²) in [7, 11) is 0. The molecule has 2 N–H and O–H groups in total. The smallest absolute Gasteiger partial charge is 0.314 e. The summed E-state index contributed by atoms with van der Waals surface area (Å²) in [5.41, 5.74) is -4.23. The first-order valence-electron chi connectivity index (χ1n) is 11.8. The Hall–Kier alpha value is -2.65. The van der Waals surface area contributed by atoms with Gasteiger partial charge in [-0.25, -0.2) is 9.18 Å². The normalized spacial score (nSPS) is 35.4. The maximum absolute atomic E-state index is 14.3. The van der Waals surface area contributed by atoms with Crippen molar-refractivity contribution in [2.75, 3.05) is 0 Å². The van der Waals surface area contributed by atoms with Crippen LogP contribution in [0.2, 0.25) is 0 Å². The first-order chi connectivity index (χ1) is 16.0. The van der Waals surface area contributed by atoms with Crippen molar-refractivity contribution in [1.82, 2.24) is 15.5 Å². The van der Waals surface area contributed by atoms with Crippen molar-refractivity contribution < 1.29 is 31.9 Å². The van der Waals surface area contributed by atoms with Crippen LogP contribution in [0.25, 0.3) is 0 Å². The molecule has 5 fully saturated rings. The van der Waals surface area contributed by atoms with Crippen LogP contribution >= 0.6 is 0 Å². The van der Waals surface area contributed by atoms with E-state index in [-0.39, 0.29) is 11.0 Å². The van der Waals surface area contributed by atoms with E-state index in [0.29, 0.717) is 24.2 Å². The zero-order chi connectivity index (χ0) is 24.5. The Morgan fingerprint density at radius 3 is 2.09 bits per heavy atom. The van der Waals surface area contributed by atoms with Gasteiger partial charge in [0.2, 0.25) is 0 Å². The minimum absolute atomic E-state index is 0.265. The molecule has 0 radical (unpaired) electrons. The average Bonchev–Trinajstić information content (AvgIpc) is 2.99. The predicted molar refractivity (Wildman–Crippen MR) is 113 cm³/mol. The molecule has 5 aliphatic rings. The van der Waals surface area contributed by atoms with Crippen LogP contribution in [0.1, 0.15) is 62.2 Å². The molecule has 6 rings (SSSR count). The van der Waals surface area contributed by atoms with Gasteiger partial charge in [-0.1, -0.05) is 6.92 Å². The topological polar surface area (TPSA) is 78.5 Å². The van der Waals surface area contributed by atoms with Gasteiger partial charge in [0.05, 0.1) is 0 Å². The largest absolute Gasteiger partial charge is 0.440 e. The summed E-state index contributed by atoms with van der Waals surface area (Å²) in [6, 6.07) is 2.05. The van der Waals surface area contributed by atoms with E-state index < -0.39 is 41.5 Å². The minimum Gasteiger partial charge on any atom is -0.314 e. The van der Waals surface area contributed by atoms with Crippen molar-refractivity contribution in [3.63, 3.8) is 0 Å². The Morgan fingerprint density at radius 2 is 1.62 bits per heavy atom. The number of urea groups is 1. The van der Waals surface area contributed by atoms with Crippen LogP contribution in [-0.4, -0.2) is 40.6 Å². The quantitative estimate of drug-likeness (QED) is 0.485. The number of benzene rings is 1. The molecule has 1 aromatic carbocycles. The van der Waals surface area contributed by atoms with Gasteiger partial charge < -0.3 is 5.32 Å². The maximum atomic E-state index is 14.3. The number of imide groups is 1. The number of hydrogen-bond acceptors (Lipinski definition) is 3. The molecule has 1 saturated heterocycles. The number of halogens is 4. The van der Waals surface area contributed by atoms with E-state index in [4.69, 9.17) is 0 Å². The van der Waals surface area contributed by atoms with Crippen LogP contribution < -0.4 is 10.6 Å². The third-order valence-corrected chi connectivity index (χ3v) is 8.38. The highest BCUT2D eigenvalue weighted by Gasteiger charge is 2.71. The van der Waals surface area contributed by atoms with Crippen molar-refractivity contribution in [1.29, 1.82) is 0 Å². The lowest BCUT2D eigenvalue weighted by Crippen LogP contribution is -2.70. The fourth-order valence-electron chi connectivity index (χ4n) is 7.50. The third kappa shape index (κ3) is 3.40. The van der Waals surface area contributed by atoms with E-state index in [2.05, 4.69) is 0 Å². The lowest BCUT2D eigenvalue weighted by atomic mass is 9.47. The molecule has 4 amide bonds.